The lowest BCUT2D eigenvalue weighted by atomic mass is 9.96. The number of halogens is 1. The lowest BCUT2D eigenvalue weighted by Crippen LogP contribution is -2.46. The molecule has 0 spiro atoms. The van der Waals surface area contributed by atoms with Crippen LogP contribution in [0.1, 0.15) is 25.7 Å². The molecule has 2 fully saturated rings. The molecule has 0 aromatic heterocycles. The van der Waals surface area contributed by atoms with Crippen LogP contribution in [0.25, 0.3) is 0 Å². The number of likely N-dealkylation sites (tertiary alicyclic amines) is 1. The highest BCUT2D eigenvalue weighted by molar-refractivity contribution is 7.89. The summed E-state index contributed by atoms with van der Waals surface area (Å²) in [5, 5.41) is 3.41. The minimum Gasteiger partial charge on any atom is -0.317 e. The van der Waals surface area contributed by atoms with Gasteiger partial charge < -0.3 is 10.2 Å². The summed E-state index contributed by atoms with van der Waals surface area (Å²) in [5.74, 6) is 0.800. The van der Waals surface area contributed by atoms with E-state index in [1.807, 2.05) is 6.07 Å². The van der Waals surface area contributed by atoms with Gasteiger partial charge in [-0.15, -0.1) is 12.4 Å². The maximum absolute atomic E-state index is 12.4. The summed E-state index contributed by atoms with van der Waals surface area (Å²) in [4.78, 5) is 2.86. The number of sulfonamides is 1. The Kier molecular flexibility index (Phi) is 7.50. The molecular formula is C17H28ClN3O2S. The van der Waals surface area contributed by atoms with E-state index in [2.05, 4.69) is 14.9 Å². The van der Waals surface area contributed by atoms with Gasteiger partial charge in [-0.2, -0.15) is 0 Å². The third kappa shape index (κ3) is 5.43. The summed E-state index contributed by atoms with van der Waals surface area (Å²) < 4.78 is 27.6. The summed E-state index contributed by atoms with van der Waals surface area (Å²) in [7, 11) is -3.38. The summed E-state index contributed by atoms with van der Waals surface area (Å²) in [6, 6.07) is 8.71. The molecule has 0 aliphatic carbocycles. The third-order valence-electron chi connectivity index (χ3n) is 4.94. The maximum Gasteiger partial charge on any atom is 0.240 e. The van der Waals surface area contributed by atoms with Crippen molar-refractivity contribution < 1.29 is 8.42 Å². The molecule has 5 nitrogen and oxygen atoms in total. The Morgan fingerprint density at radius 1 is 1.04 bits per heavy atom. The predicted octanol–water partition coefficient (Wildman–Crippen LogP) is 1.85. The summed E-state index contributed by atoms with van der Waals surface area (Å²) in [6.07, 6.45) is 4.33. The fourth-order valence-electron chi connectivity index (χ4n) is 3.55. The van der Waals surface area contributed by atoms with Crippen LogP contribution in [-0.2, 0) is 10.0 Å². The van der Waals surface area contributed by atoms with E-state index in [9.17, 15) is 8.42 Å². The number of benzene rings is 1. The van der Waals surface area contributed by atoms with Crippen molar-refractivity contribution in [3.63, 3.8) is 0 Å². The highest BCUT2D eigenvalue weighted by atomic mass is 35.5. The Labute approximate surface area is 151 Å². The number of hydrogen-bond acceptors (Lipinski definition) is 4. The largest absolute Gasteiger partial charge is 0.317 e. The lowest BCUT2D eigenvalue weighted by Gasteiger charge is -2.35. The van der Waals surface area contributed by atoms with Gasteiger partial charge in [0.2, 0.25) is 10.0 Å². The molecule has 2 saturated heterocycles. The van der Waals surface area contributed by atoms with Crippen LogP contribution in [0.15, 0.2) is 35.2 Å². The van der Waals surface area contributed by atoms with E-state index >= 15 is 0 Å². The summed E-state index contributed by atoms with van der Waals surface area (Å²) in [5.41, 5.74) is 0. The van der Waals surface area contributed by atoms with Crippen LogP contribution < -0.4 is 10.0 Å². The molecule has 2 aliphatic rings. The van der Waals surface area contributed by atoms with E-state index in [0.717, 1.165) is 44.9 Å². The Balaban J connectivity index is 0.00000208. The minimum atomic E-state index is -3.38. The van der Waals surface area contributed by atoms with Crippen LogP contribution in [-0.4, -0.2) is 52.1 Å². The second kappa shape index (κ2) is 9.15. The van der Waals surface area contributed by atoms with E-state index in [1.54, 1.807) is 24.3 Å². The summed E-state index contributed by atoms with van der Waals surface area (Å²) >= 11 is 0. The van der Waals surface area contributed by atoms with Gasteiger partial charge in [-0.3, -0.25) is 0 Å². The molecule has 7 heteroatoms. The topological polar surface area (TPSA) is 61.4 Å². The van der Waals surface area contributed by atoms with E-state index in [1.165, 1.54) is 19.4 Å². The van der Waals surface area contributed by atoms with Crippen LogP contribution in [0.4, 0.5) is 0 Å². The number of piperidine rings is 2. The molecule has 0 saturated carbocycles. The molecule has 0 amide bonds. The molecule has 136 valence electrons. The average molecular weight is 374 g/mol. The van der Waals surface area contributed by atoms with Crippen molar-refractivity contribution >= 4 is 22.4 Å². The SMILES string of the molecule is Cl.O=S(=O)(NC1CCN(CC2CCNCC2)CC1)c1ccccc1. The Hall–Kier alpha value is -0.660. The van der Waals surface area contributed by atoms with Gasteiger partial charge in [0, 0.05) is 12.6 Å². The van der Waals surface area contributed by atoms with Gasteiger partial charge in [-0.05, 0) is 69.9 Å². The first-order chi connectivity index (χ1) is 11.1. The summed E-state index contributed by atoms with van der Waals surface area (Å²) in [6.45, 7) is 5.42. The Bertz CT molecular complexity index is 583. The molecule has 0 unspecified atom stereocenters. The van der Waals surface area contributed by atoms with E-state index in [-0.39, 0.29) is 18.4 Å². The first kappa shape index (κ1) is 19.7. The molecule has 2 aliphatic heterocycles. The predicted molar refractivity (Wildman–Crippen MR) is 99.1 cm³/mol. The fraction of sp³-hybridized carbons (Fsp3) is 0.647. The van der Waals surface area contributed by atoms with Crippen molar-refractivity contribution in [1.82, 2.24) is 14.9 Å². The second-order valence-electron chi connectivity index (χ2n) is 6.70. The highest BCUT2D eigenvalue weighted by Crippen LogP contribution is 2.19. The molecule has 24 heavy (non-hydrogen) atoms. The van der Waals surface area contributed by atoms with Crippen molar-refractivity contribution in [1.29, 1.82) is 0 Å². The zero-order valence-corrected chi connectivity index (χ0v) is 15.6. The van der Waals surface area contributed by atoms with Gasteiger partial charge in [-0.1, -0.05) is 18.2 Å². The number of rotatable bonds is 5. The lowest BCUT2D eigenvalue weighted by molar-refractivity contribution is 0.164. The number of nitrogens with one attached hydrogen (secondary N) is 2. The van der Waals surface area contributed by atoms with Gasteiger partial charge in [0.05, 0.1) is 4.90 Å². The zero-order valence-electron chi connectivity index (χ0n) is 14.0. The number of hydrogen-bond donors (Lipinski definition) is 2. The molecular weight excluding hydrogens is 346 g/mol. The second-order valence-corrected chi connectivity index (χ2v) is 8.42. The molecule has 1 aromatic rings. The molecule has 2 heterocycles. The van der Waals surface area contributed by atoms with Gasteiger partial charge >= 0.3 is 0 Å². The van der Waals surface area contributed by atoms with E-state index in [0.29, 0.717) is 4.90 Å². The van der Waals surface area contributed by atoms with Crippen LogP contribution in [0.5, 0.6) is 0 Å². The molecule has 0 bridgehead atoms. The molecule has 0 radical (unpaired) electrons. The van der Waals surface area contributed by atoms with Crippen molar-refractivity contribution in [2.24, 2.45) is 5.92 Å². The van der Waals surface area contributed by atoms with Gasteiger partial charge in [-0.25, -0.2) is 13.1 Å². The molecule has 2 N–H and O–H groups in total. The first-order valence-corrected chi connectivity index (χ1v) is 10.1. The van der Waals surface area contributed by atoms with Crippen LogP contribution in [0.3, 0.4) is 0 Å². The molecule has 3 rings (SSSR count). The van der Waals surface area contributed by atoms with E-state index in [4.69, 9.17) is 0 Å². The van der Waals surface area contributed by atoms with Crippen molar-refractivity contribution in [3.05, 3.63) is 30.3 Å². The van der Waals surface area contributed by atoms with Crippen LogP contribution in [0.2, 0.25) is 0 Å². The number of nitrogens with zero attached hydrogens (tertiary/aromatic N) is 1. The first-order valence-electron chi connectivity index (χ1n) is 8.64. The average Bonchev–Trinajstić information content (AvgIpc) is 2.58. The Morgan fingerprint density at radius 2 is 1.67 bits per heavy atom. The monoisotopic (exact) mass is 373 g/mol. The van der Waals surface area contributed by atoms with Crippen molar-refractivity contribution in [2.45, 2.75) is 36.6 Å². The normalized spacial score (nSPS) is 21.3. The molecule has 0 atom stereocenters. The fourth-order valence-corrected chi connectivity index (χ4v) is 4.88. The molecule has 1 aromatic carbocycles. The van der Waals surface area contributed by atoms with Crippen molar-refractivity contribution in [3.8, 4) is 0 Å². The minimum absolute atomic E-state index is 0. The van der Waals surface area contributed by atoms with E-state index < -0.39 is 10.0 Å². The van der Waals surface area contributed by atoms with Crippen molar-refractivity contribution in [2.75, 3.05) is 32.7 Å². The smallest absolute Gasteiger partial charge is 0.240 e. The zero-order chi connectivity index (χ0) is 16.1. The third-order valence-corrected chi connectivity index (χ3v) is 6.47. The highest BCUT2D eigenvalue weighted by Gasteiger charge is 2.26. The standard InChI is InChI=1S/C17H27N3O2S.ClH/c21-23(22,17-4-2-1-3-5-17)19-16-8-12-20(13-9-16)14-15-6-10-18-11-7-15;/h1-5,15-16,18-19H,6-14H2;1H. The quantitative estimate of drug-likeness (QED) is 0.826. The van der Waals surface area contributed by atoms with Crippen LogP contribution in [0, 0.1) is 5.92 Å². The van der Waals surface area contributed by atoms with Gasteiger partial charge in [0.1, 0.15) is 0 Å². The maximum atomic E-state index is 12.4. The van der Waals surface area contributed by atoms with Gasteiger partial charge in [0.15, 0.2) is 0 Å². The van der Waals surface area contributed by atoms with Gasteiger partial charge in [0.25, 0.3) is 0 Å². The van der Waals surface area contributed by atoms with Crippen LogP contribution >= 0.6 is 12.4 Å². The Morgan fingerprint density at radius 3 is 2.29 bits per heavy atom.